The van der Waals surface area contributed by atoms with E-state index in [0.717, 1.165) is 32.1 Å². The van der Waals surface area contributed by atoms with Crippen LogP contribution in [-0.4, -0.2) is 36.2 Å². The standard InChI is InChI=1S/C16H26N2O/c1-3-17-12-14-7-9-18(10-8-14)13(2)15-5-4-6-16(19)11-15/h4-6,11,13-14,17,19H,3,7-10,12H2,1-2H3. The third kappa shape index (κ3) is 3.95. The second kappa shape index (κ2) is 6.92. The van der Waals surface area contributed by atoms with Crippen molar-refractivity contribution in [2.75, 3.05) is 26.2 Å². The highest BCUT2D eigenvalue weighted by molar-refractivity contribution is 5.29. The Kier molecular flexibility index (Phi) is 5.23. The van der Waals surface area contributed by atoms with Crippen molar-refractivity contribution in [1.29, 1.82) is 0 Å². The molecule has 0 radical (unpaired) electrons. The number of nitrogens with one attached hydrogen (secondary N) is 1. The summed E-state index contributed by atoms with van der Waals surface area (Å²) >= 11 is 0. The van der Waals surface area contributed by atoms with Crippen molar-refractivity contribution in [3.05, 3.63) is 29.8 Å². The third-order valence-corrected chi connectivity index (χ3v) is 4.23. The summed E-state index contributed by atoms with van der Waals surface area (Å²) in [6, 6.07) is 8.05. The van der Waals surface area contributed by atoms with Gasteiger partial charge in [-0.15, -0.1) is 0 Å². The van der Waals surface area contributed by atoms with Crippen LogP contribution < -0.4 is 5.32 Å². The number of hydrogen-bond donors (Lipinski definition) is 2. The lowest BCUT2D eigenvalue weighted by Crippen LogP contribution is -2.38. The van der Waals surface area contributed by atoms with E-state index in [-0.39, 0.29) is 0 Å². The summed E-state index contributed by atoms with van der Waals surface area (Å²) in [6.07, 6.45) is 2.55. The largest absolute Gasteiger partial charge is 0.508 e. The Hall–Kier alpha value is -1.06. The van der Waals surface area contributed by atoms with Gasteiger partial charge in [0, 0.05) is 6.04 Å². The van der Waals surface area contributed by atoms with Crippen molar-refractivity contribution in [3.8, 4) is 5.75 Å². The summed E-state index contributed by atoms with van der Waals surface area (Å²) in [5.74, 6) is 1.19. The van der Waals surface area contributed by atoms with Gasteiger partial charge in [0.15, 0.2) is 0 Å². The number of nitrogens with zero attached hydrogens (tertiary/aromatic N) is 1. The first-order valence-corrected chi connectivity index (χ1v) is 7.44. The van der Waals surface area contributed by atoms with Crippen LogP contribution in [0.4, 0.5) is 0 Å². The first-order chi connectivity index (χ1) is 9.20. The summed E-state index contributed by atoms with van der Waals surface area (Å²) in [5, 5.41) is 13.0. The maximum Gasteiger partial charge on any atom is 0.115 e. The van der Waals surface area contributed by atoms with Crippen molar-refractivity contribution in [2.24, 2.45) is 5.92 Å². The van der Waals surface area contributed by atoms with Gasteiger partial charge in [0.05, 0.1) is 0 Å². The first kappa shape index (κ1) is 14.4. The smallest absolute Gasteiger partial charge is 0.115 e. The predicted octanol–water partition coefficient (Wildman–Crippen LogP) is 2.77. The van der Waals surface area contributed by atoms with Crippen molar-refractivity contribution in [3.63, 3.8) is 0 Å². The van der Waals surface area contributed by atoms with E-state index < -0.39 is 0 Å². The fraction of sp³-hybridized carbons (Fsp3) is 0.625. The van der Waals surface area contributed by atoms with Crippen molar-refractivity contribution < 1.29 is 5.11 Å². The maximum atomic E-state index is 9.57. The van der Waals surface area contributed by atoms with Gasteiger partial charge in [-0.05, 0) is 69.6 Å². The van der Waals surface area contributed by atoms with E-state index >= 15 is 0 Å². The number of piperidine rings is 1. The minimum atomic E-state index is 0.367. The number of benzene rings is 1. The molecule has 0 aliphatic carbocycles. The zero-order valence-corrected chi connectivity index (χ0v) is 12.1. The van der Waals surface area contributed by atoms with E-state index in [1.807, 2.05) is 12.1 Å². The lowest BCUT2D eigenvalue weighted by molar-refractivity contribution is 0.140. The summed E-state index contributed by atoms with van der Waals surface area (Å²) in [6.45, 7) is 8.95. The molecule has 1 saturated heterocycles. The molecular formula is C16H26N2O. The first-order valence-electron chi connectivity index (χ1n) is 7.44. The van der Waals surface area contributed by atoms with E-state index in [1.54, 1.807) is 6.07 Å². The molecule has 19 heavy (non-hydrogen) atoms. The number of rotatable bonds is 5. The van der Waals surface area contributed by atoms with Gasteiger partial charge in [-0.2, -0.15) is 0 Å². The fourth-order valence-corrected chi connectivity index (χ4v) is 2.89. The van der Waals surface area contributed by atoms with Crippen LogP contribution in [0.15, 0.2) is 24.3 Å². The number of aromatic hydroxyl groups is 1. The van der Waals surface area contributed by atoms with E-state index in [4.69, 9.17) is 0 Å². The molecule has 1 aromatic rings. The van der Waals surface area contributed by atoms with Gasteiger partial charge in [-0.1, -0.05) is 19.1 Å². The average molecular weight is 262 g/mol. The Bertz CT molecular complexity index is 386. The van der Waals surface area contributed by atoms with E-state index in [1.165, 1.54) is 18.4 Å². The molecule has 1 heterocycles. The summed E-state index contributed by atoms with van der Waals surface area (Å²) in [4.78, 5) is 2.53. The predicted molar refractivity (Wildman–Crippen MR) is 79.4 cm³/mol. The van der Waals surface area contributed by atoms with Crippen LogP contribution >= 0.6 is 0 Å². The molecule has 0 spiro atoms. The molecular weight excluding hydrogens is 236 g/mol. The summed E-state index contributed by atoms with van der Waals surface area (Å²) in [7, 11) is 0. The molecule has 106 valence electrons. The van der Waals surface area contributed by atoms with Crippen LogP contribution in [0, 0.1) is 5.92 Å². The molecule has 1 atom stereocenters. The molecule has 2 N–H and O–H groups in total. The topological polar surface area (TPSA) is 35.5 Å². The molecule has 1 aliphatic rings. The minimum Gasteiger partial charge on any atom is -0.508 e. The van der Waals surface area contributed by atoms with E-state index in [2.05, 4.69) is 30.1 Å². The van der Waals surface area contributed by atoms with Crippen LogP contribution in [0.3, 0.4) is 0 Å². The number of hydrogen-bond acceptors (Lipinski definition) is 3. The second-order valence-corrected chi connectivity index (χ2v) is 5.56. The molecule has 0 amide bonds. The maximum absolute atomic E-state index is 9.57. The normalized spacial score (nSPS) is 19.5. The molecule has 1 fully saturated rings. The quantitative estimate of drug-likeness (QED) is 0.856. The van der Waals surface area contributed by atoms with Crippen LogP contribution in [0.1, 0.15) is 38.3 Å². The molecule has 0 saturated carbocycles. The van der Waals surface area contributed by atoms with Gasteiger partial charge in [0.25, 0.3) is 0 Å². The highest BCUT2D eigenvalue weighted by atomic mass is 16.3. The molecule has 3 heteroatoms. The molecule has 1 aliphatic heterocycles. The van der Waals surface area contributed by atoms with Gasteiger partial charge in [-0.25, -0.2) is 0 Å². The average Bonchev–Trinajstić information content (AvgIpc) is 2.45. The van der Waals surface area contributed by atoms with Gasteiger partial charge < -0.3 is 10.4 Å². The van der Waals surface area contributed by atoms with Crippen LogP contribution in [0.2, 0.25) is 0 Å². The lowest BCUT2D eigenvalue weighted by atomic mass is 9.94. The summed E-state index contributed by atoms with van der Waals surface area (Å²) < 4.78 is 0. The third-order valence-electron chi connectivity index (χ3n) is 4.23. The summed E-state index contributed by atoms with van der Waals surface area (Å²) in [5.41, 5.74) is 1.21. The van der Waals surface area contributed by atoms with Gasteiger partial charge in [-0.3, -0.25) is 4.90 Å². The Balaban J connectivity index is 1.87. The zero-order chi connectivity index (χ0) is 13.7. The van der Waals surface area contributed by atoms with Gasteiger partial charge in [0.1, 0.15) is 5.75 Å². The minimum absolute atomic E-state index is 0.367. The monoisotopic (exact) mass is 262 g/mol. The van der Waals surface area contributed by atoms with Crippen LogP contribution in [-0.2, 0) is 0 Å². The zero-order valence-electron chi connectivity index (χ0n) is 12.1. The van der Waals surface area contributed by atoms with Crippen LogP contribution in [0.5, 0.6) is 5.75 Å². The molecule has 0 bridgehead atoms. The van der Waals surface area contributed by atoms with Crippen molar-refractivity contribution in [1.82, 2.24) is 10.2 Å². The Morgan fingerprint density at radius 1 is 1.37 bits per heavy atom. The van der Waals surface area contributed by atoms with Gasteiger partial charge >= 0.3 is 0 Å². The van der Waals surface area contributed by atoms with Gasteiger partial charge in [0.2, 0.25) is 0 Å². The number of phenolic OH excluding ortho intramolecular Hbond substituents is 1. The molecule has 1 aromatic carbocycles. The Labute approximate surface area is 116 Å². The fourth-order valence-electron chi connectivity index (χ4n) is 2.89. The van der Waals surface area contributed by atoms with Crippen molar-refractivity contribution >= 4 is 0 Å². The number of phenols is 1. The van der Waals surface area contributed by atoms with Crippen LogP contribution in [0.25, 0.3) is 0 Å². The highest BCUT2D eigenvalue weighted by Crippen LogP contribution is 2.27. The van der Waals surface area contributed by atoms with Crippen molar-refractivity contribution in [2.45, 2.75) is 32.7 Å². The second-order valence-electron chi connectivity index (χ2n) is 5.56. The highest BCUT2D eigenvalue weighted by Gasteiger charge is 2.23. The SMILES string of the molecule is CCNCC1CCN(C(C)c2cccc(O)c2)CC1. The Morgan fingerprint density at radius 3 is 2.74 bits per heavy atom. The molecule has 0 aromatic heterocycles. The molecule has 3 nitrogen and oxygen atoms in total. The van der Waals surface area contributed by atoms with E-state index in [9.17, 15) is 5.11 Å². The lowest BCUT2D eigenvalue weighted by Gasteiger charge is -2.36. The molecule has 2 rings (SSSR count). The Morgan fingerprint density at radius 2 is 2.11 bits per heavy atom. The van der Waals surface area contributed by atoms with E-state index in [0.29, 0.717) is 11.8 Å². The number of likely N-dealkylation sites (tertiary alicyclic amines) is 1. The molecule has 1 unspecified atom stereocenters.